The molecule has 2 aliphatic heterocycles. The van der Waals surface area contributed by atoms with Crippen LogP contribution in [0.25, 0.3) is 0 Å². The summed E-state index contributed by atoms with van der Waals surface area (Å²) in [6, 6.07) is 6.39. The van der Waals surface area contributed by atoms with Crippen LogP contribution in [0.1, 0.15) is 31.2 Å². The normalized spacial score (nSPS) is 20.7. The van der Waals surface area contributed by atoms with E-state index in [0.29, 0.717) is 25.7 Å². The third kappa shape index (κ3) is 4.20. The van der Waals surface area contributed by atoms with Crippen LogP contribution in [0.15, 0.2) is 18.2 Å². The van der Waals surface area contributed by atoms with E-state index in [4.69, 9.17) is 9.47 Å². The Labute approximate surface area is 144 Å². The number of carbonyl (C=O) groups excluding carboxylic acids is 1. The van der Waals surface area contributed by atoms with Crippen LogP contribution >= 0.6 is 0 Å². The van der Waals surface area contributed by atoms with E-state index in [1.807, 2.05) is 30.1 Å². The lowest BCUT2D eigenvalue weighted by molar-refractivity contribution is -0.129. The molecule has 0 N–H and O–H groups in total. The molecule has 24 heavy (non-hydrogen) atoms. The third-order valence-electron chi connectivity index (χ3n) is 5.11. The molecule has 1 saturated heterocycles. The second kappa shape index (κ2) is 7.88. The van der Waals surface area contributed by atoms with Gasteiger partial charge in [-0.2, -0.15) is 0 Å². The minimum absolute atomic E-state index is 0.158. The van der Waals surface area contributed by atoms with Gasteiger partial charge in [0, 0.05) is 19.6 Å². The van der Waals surface area contributed by atoms with Crippen molar-refractivity contribution in [1.29, 1.82) is 0 Å². The Balaban J connectivity index is 1.50. The highest BCUT2D eigenvalue weighted by Gasteiger charge is 2.20. The molecule has 1 aromatic carbocycles. The topological polar surface area (TPSA) is 42.0 Å². The van der Waals surface area contributed by atoms with Gasteiger partial charge in [0.2, 0.25) is 5.91 Å². The van der Waals surface area contributed by atoms with Crippen molar-refractivity contribution in [2.75, 3.05) is 40.4 Å². The van der Waals surface area contributed by atoms with Gasteiger partial charge in [-0.3, -0.25) is 4.79 Å². The summed E-state index contributed by atoms with van der Waals surface area (Å²) < 4.78 is 11.1. The molecule has 0 spiro atoms. The van der Waals surface area contributed by atoms with E-state index in [-0.39, 0.29) is 5.91 Å². The zero-order valence-corrected chi connectivity index (χ0v) is 14.8. The van der Waals surface area contributed by atoms with Crippen LogP contribution in [0.5, 0.6) is 11.5 Å². The zero-order chi connectivity index (χ0) is 16.9. The van der Waals surface area contributed by atoms with Crippen molar-refractivity contribution in [1.82, 2.24) is 9.80 Å². The second-order valence-electron chi connectivity index (χ2n) is 6.89. The SMILES string of the molecule is CN(CC[C@@H]1CCCCN1C)C(=O)Cc1ccc2c(c1)OCCO2. The highest BCUT2D eigenvalue weighted by Crippen LogP contribution is 2.31. The number of carbonyl (C=O) groups is 1. The van der Waals surface area contributed by atoms with Crippen molar-refractivity contribution in [3.05, 3.63) is 23.8 Å². The Kier molecular flexibility index (Phi) is 5.61. The summed E-state index contributed by atoms with van der Waals surface area (Å²) in [5.74, 6) is 1.68. The molecule has 0 saturated carbocycles. The molecule has 0 aromatic heterocycles. The fourth-order valence-electron chi connectivity index (χ4n) is 3.48. The van der Waals surface area contributed by atoms with Gasteiger partial charge in [-0.25, -0.2) is 0 Å². The van der Waals surface area contributed by atoms with E-state index in [1.54, 1.807) is 0 Å². The molecule has 5 heteroatoms. The van der Waals surface area contributed by atoms with E-state index in [9.17, 15) is 4.79 Å². The quantitative estimate of drug-likeness (QED) is 0.830. The number of ether oxygens (including phenoxy) is 2. The number of likely N-dealkylation sites (N-methyl/N-ethyl adjacent to an activating group) is 1. The predicted octanol–water partition coefficient (Wildman–Crippen LogP) is 2.33. The van der Waals surface area contributed by atoms with E-state index >= 15 is 0 Å². The van der Waals surface area contributed by atoms with Gasteiger partial charge in [0.25, 0.3) is 0 Å². The number of fused-ring (bicyclic) bond motifs is 1. The van der Waals surface area contributed by atoms with Crippen LogP contribution < -0.4 is 9.47 Å². The molecular weight excluding hydrogens is 304 g/mol. The largest absolute Gasteiger partial charge is 0.486 e. The lowest BCUT2D eigenvalue weighted by atomic mass is 10.00. The van der Waals surface area contributed by atoms with Crippen molar-refractivity contribution >= 4 is 5.91 Å². The first-order chi connectivity index (χ1) is 11.6. The second-order valence-corrected chi connectivity index (χ2v) is 6.89. The first kappa shape index (κ1) is 17.1. The lowest BCUT2D eigenvalue weighted by Gasteiger charge is -2.33. The Morgan fingerprint density at radius 1 is 1.25 bits per heavy atom. The van der Waals surface area contributed by atoms with Crippen LogP contribution in [-0.4, -0.2) is 62.1 Å². The first-order valence-electron chi connectivity index (χ1n) is 8.96. The van der Waals surface area contributed by atoms with Gasteiger partial charge in [0.05, 0.1) is 6.42 Å². The van der Waals surface area contributed by atoms with Gasteiger partial charge in [0.1, 0.15) is 13.2 Å². The van der Waals surface area contributed by atoms with Gasteiger partial charge in [-0.15, -0.1) is 0 Å². The maximum absolute atomic E-state index is 12.5. The van der Waals surface area contributed by atoms with Crippen LogP contribution in [0.3, 0.4) is 0 Å². The maximum atomic E-state index is 12.5. The Morgan fingerprint density at radius 2 is 2.04 bits per heavy atom. The number of benzene rings is 1. The monoisotopic (exact) mass is 332 g/mol. The van der Waals surface area contributed by atoms with Crippen molar-refractivity contribution in [3.8, 4) is 11.5 Å². The Bertz CT molecular complexity index is 576. The number of hydrogen-bond donors (Lipinski definition) is 0. The van der Waals surface area contributed by atoms with Crippen molar-refractivity contribution in [2.24, 2.45) is 0 Å². The zero-order valence-electron chi connectivity index (χ0n) is 14.8. The van der Waals surface area contributed by atoms with E-state index in [0.717, 1.165) is 30.0 Å². The lowest BCUT2D eigenvalue weighted by Crippen LogP contribution is -2.39. The third-order valence-corrected chi connectivity index (χ3v) is 5.11. The van der Waals surface area contributed by atoms with E-state index in [1.165, 1.54) is 25.8 Å². The fraction of sp³-hybridized carbons (Fsp3) is 0.632. The summed E-state index contributed by atoms with van der Waals surface area (Å²) in [5, 5.41) is 0. The molecule has 5 nitrogen and oxygen atoms in total. The fourth-order valence-corrected chi connectivity index (χ4v) is 3.48. The molecule has 2 heterocycles. The van der Waals surface area contributed by atoms with Crippen molar-refractivity contribution in [2.45, 2.75) is 38.1 Å². The molecule has 1 aromatic rings. The van der Waals surface area contributed by atoms with Crippen LogP contribution in [0, 0.1) is 0 Å². The van der Waals surface area contributed by atoms with Crippen LogP contribution in [-0.2, 0) is 11.2 Å². The summed E-state index contributed by atoms with van der Waals surface area (Å²) in [6.45, 7) is 3.15. The average Bonchev–Trinajstić information content (AvgIpc) is 2.60. The number of rotatable bonds is 5. The smallest absolute Gasteiger partial charge is 0.226 e. The van der Waals surface area contributed by atoms with Gasteiger partial charge < -0.3 is 19.3 Å². The average molecular weight is 332 g/mol. The molecule has 1 amide bonds. The molecule has 3 rings (SSSR count). The molecule has 1 fully saturated rings. The van der Waals surface area contributed by atoms with Crippen LogP contribution in [0.2, 0.25) is 0 Å². The summed E-state index contributed by atoms with van der Waals surface area (Å²) in [7, 11) is 4.10. The van der Waals surface area contributed by atoms with E-state index in [2.05, 4.69) is 11.9 Å². The molecular formula is C19H28N2O3. The highest BCUT2D eigenvalue weighted by molar-refractivity contribution is 5.78. The summed E-state index contributed by atoms with van der Waals surface area (Å²) >= 11 is 0. The number of piperidine rings is 1. The Morgan fingerprint density at radius 3 is 2.83 bits per heavy atom. The number of nitrogens with zero attached hydrogens (tertiary/aromatic N) is 2. The van der Waals surface area contributed by atoms with Crippen molar-refractivity contribution in [3.63, 3.8) is 0 Å². The molecule has 132 valence electrons. The predicted molar refractivity (Wildman–Crippen MR) is 93.7 cm³/mol. The maximum Gasteiger partial charge on any atom is 0.226 e. The van der Waals surface area contributed by atoms with Gasteiger partial charge in [-0.05, 0) is 50.6 Å². The number of hydrogen-bond acceptors (Lipinski definition) is 4. The Hall–Kier alpha value is -1.75. The van der Waals surface area contributed by atoms with Gasteiger partial charge in [0.15, 0.2) is 11.5 Å². The first-order valence-corrected chi connectivity index (χ1v) is 8.96. The standard InChI is InChI=1S/C19H28N2O3/c1-20-9-4-3-5-16(20)8-10-21(2)19(22)14-15-6-7-17-18(13-15)24-12-11-23-17/h6-7,13,16H,3-5,8-12,14H2,1-2H3/t16-/m0/s1. The molecule has 0 unspecified atom stereocenters. The van der Waals surface area contributed by atoms with Gasteiger partial charge >= 0.3 is 0 Å². The highest BCUT2D eigenvalue weighted by atomic mass is 16.6. The molecule has 2 aliphatic rings. The van der Waals surface area contributed by atoms with E-state index < -0.39 is 0 Å². The molecule has 1 atom stereocenters. The van der Waals surface area contributed by atoms with Gasteiger partial charge in [-0.1, -0.05) is 12.5 Å². The minimum Gasteiger partial charge on any atom is -0.486 e. The molecule has 0 radical (unpaired) electrons. The summed E-state index contributed by atoms with van der Waals surface area (Å²) in [5.41, 5.74) is 0.978. The molecule has 0 bridgehead atoms. The summed E-state index contributed by atoms with van der Waals surface area (Å²) in [4.78, 5) is 16.8. The van der Waals surface area contributed by atoms with Crippen molar-refractivity contribution < 1.29 is 14.3 Å². The summed E-state index contributed by atoms with van der Waals surface area (Å²) in [6.07, 6.45) is 5.32. The van der Waals surface area contributed by atoms with Crippen LogP contribution in [0.4, 0.5) is 0 Å². The number of amides is 1. The number of likely N-dealkylation sites (tertiary alicyclic amines) is 1. The minimum atomic E-state index is 0.158. The molecule has 0 aliphatic carbocycles.